The number of halogens is 1. The van der Waals surface area contributed by atoms with E-state index in [1.54, 1.807) is 0 Å². The highest BCUT2D eigenvalue weighted by Gasteiger charge is 2.08. The van der Waals surface area contributed by atoms with Gasteiger partial charge in [-0.2, -0.15) is 0 Å². The fourth-order valence-corrected chi connectivity index (χ4v) is 2.39. The van der Waals surface area contributed by atoms with E-state index in [-0.39, 0.29) is 0 Å². The number of pyridine rings is 1. The molecule has 20 heavy (non-hydrogen) atoms. The molecule has 0 fully saturated rings. The molecule has 0 amide bonds. The third-order valence-corrected chi connectivity index (χ3v) is 3.63. The number of aryl methyl sites for hydroxylation is 2. The molecule has 106 valence electrons. The molecule has 0 saturated carbocycles. The molecule has 3 heteroatoms. The van der Waals surface area contributed by atoms with E-state index in [0.717, 1.165) is 35.6 Å². The minimum absolute atomic E-state index is 0.522. The van der Waals surface area contributed by atoms with Crippen LogP contribution in [0.2, 0.25) is 0 Å². The number of nitrogens with zero attached hydrogens (tertiary/aromatic N) is 2. The molecule has 2 nitrogen and oxygen atoms in total. The Kier molecular flexibility index (Phi) is 5.02. The Balaban J connectivity index is 2.37. The first-order valence-corrected chi connectivity index (χ1v) is 7.53. The third-order valence-electron chi connectivity index (χ3n) is 3.32. The molecule has 0 aliphatic rings. The van der Waals surface area contributed by atoms with Crippen LogP contribution in [0, 0.1) is 6.92 Å². The summed E-state index contributed by atoms with van der Waals surface area (Å²) < 4.78 is 0. The van der Waals surface area contributed by atoms with Crippen molar-refractivity contribution in [3.05, 3.63) is 53.2 Å². The Morgan fingerprint density at radius 1 is 1.20 bits per heavy atom. The van der Waals surface area contributed by atoms with E-state index in [1.807, 2.05) is 7.05 Å². The van der Waals surface area contributed by atoms with Crippen molar-refractivity contribution in [2.75, 3.05) is 11.9 Å². The maximum Gasteiger partial charge on any atom is 0.133 e. The van der Waals surface area contributed by atoms with Gasteiger partial charge in [0.15, 0.2) is 0 Å². The molecule has 0 saturated heterocycles. The summed E-state index contributed by atoms with van der Waals surface area (Å²) in [5, 5.41) is 0. The quantitative estimate of drug-likeness (QED) is 0.731. The van der Waals surface area contributed by atoms with E-state index >= 15 is 0 Å². The largest absolute Gasteiger partial charge is 0.329 e. The van der Waals surface area contributed by atoms with Gasteiger partial charge in [-0.05, 0) is 48.7 Å². The van der Waals surface area contributed by atoms with Gasteiger partial charge in [-0.3, -0.25) is 0 Å². The smallest absolute Gasteiger partial charge is 0.133 e. The SMILES string of the molecule is CCCc1cc(CCl)cc(N(C)c2cccc(C)c2)n1. The summed E-state index contributed by atoms with van der Waals surface area (Å²) in [7, 11) is 2.05. The summed E-state index contributed by atoms with van der Waals surface area (Å²) >= 11 is 6.00. The average Bonchev–Trinajstić information content (AvgIpc) is 2.46. The van der Waals surface area contributed by atoms with Gasteiger partial charge in [-0.15, -0.1) is 11.6 Å². The molecular weight excluding hydrogens is 268 g/mol. The fourth-order valence-electron chi connectivity index (χ4n) is 2.24. The van der Waals surface area contributed by atoms with Gasteiger partial charge in [0.25, 0.3) is 0 Å². The van der Waals surface area contributed by atoms with Crippen LogP contribution in [0.3, 0.4) is 0 Å². The monoisotopic (exact) mass is 288 g/mol. The Morgan fingerprint density at radius 2 is 2.00 bits per heavy atom. The third kappa shape index (κ3) is 3.51. The fraction of sp³-hybridized carbons (Fsp3) is 0.353. The summed E-state index contributed by atoms with van der Waals surface area (Å²) in [5.74, 6) is 1.48. The Morgan fingerprint density at radius 3 is 2.65 bits per heavy atom. The van der Waals surface area contributed by atoms with E-state index < -0.39 is 0 Å². The van der Waals surface area contributed by atoms with Gasteiger partial charge in [0, 0.05) is 24.3 Å². The maximum absolute atomic E-state index is 6.00. The van der Waals surface area contributed by atoms with Gasteiger partial charge < -0.3 is 4.90 Å². The first-order valence-electron chi connectivity index (χ1n) is 7.00. The molecule has 1 heterocycles. The van der Waals surface area contributed by atoms with Crippen molar-refractivity contribution in [2.45, 2.75) is 32.6 Å². The van der Waals surface area contributed by atoms with Crippen LogP contribution < -0.4 is 4.90 Å². The van der Waals surface area contributed by atoms with Gasteiger partial charge in [0.1, 0.15) is 5.82 Å². The Bertz CT molecular complexity index is 581. The van der Waals surface area contributed by atoms with Crippen LogP contribution in [0.4, 0.5) is 11.5 Å². The van der Waals surface area contributed by atoms with Crippen LogP contribution in [-0.2, 0) is 12.3 Å². The van der Waals surface area contributed by atoms with Gasteiger partial charge in [0.05, 0.1) is 0 Å². The van der Waals surface area contributed by atoms with E-state index in [1.165, 1.54) is 5.56 Å². The predicted octanol–water partition coefficient (Wildman–Crippen LogP) is 4.85. The summed E-state index contributed by atoms with van der Waals surface area (Å²) in [6, 6.07) is 12.6. The second-order valence-electron chi connectivity index (χ2n) is 5.11. The zero-order valence-corrected chi connectivity index (χ0v) is 13.1. The van der Waals surface area contributed by atoms with E-state index in [4.69, 9.17) is 16.6 Å². The summed E-state index contributed by atoms with van der Waals surface area (Å²) in [6.45, 7) is 4.27. The van der Waals surface area contributed by atoms with Crippen molar-refractivity contribution in [1.82, 2.24) is 4.98 Å². The minimum atomic E-state index is 0.522. The zero-order chi connectivity index (χ0) is 14.5. The van der Waals surface area contributed by atoms with Gasteiger partial charge in [-0.25, -0.2) is 4.98 Å². The maximum atomic E-state index is 6.00. The molecule has 0 bridgehead atoms. The van der Waals surface area contributed by atoms with Crippen LogP contribution in [0.25, 0.3) is 0 Å². The second kappa shape index (κ2) is 6.76. The van der Waals surface area contributed by atoms with Crippen LogP contribution in [-0.4, -0.2) is 12.0 Å². The van der Waals surface area contributed by atoms with Gasteiger partial charge >= 0.3 is 0 Å². The molecule has 2 aromatic rings. The van der Waals surface area contributed by atoms with Crippen molar-refractivity contribution in [1.29, 1.82) is 0 Å². The number of hydrogen-bond donors (Lipinski definition) is 0. The van der Waals surface area contributed by atoms with Crippen LogP contribution >= 0.6 is 11.6 Å². The predicted molar refractivity (Wildman–Crippen MR) is 87.0 cm³/mol. The first kappa shape index (κ1) is 14.9. The topological polar surface area (TPSA) is 16.1 Å². The lowest BCUT2D eigenvalue weighted by Gasteiger charge is -2.20. The van der Waals surface area contributed by atoms with Crippen LogP contribution in [0.5, 0.6) is 0 Å². The van der Waals surface area contributed by atoms with Crippen molar-refractivity contribution in [3.8, 4) is 0 Å². The molecule has 0 aliphatic carbocycles. The van der Waals surface area contributed by atoms with Gasteiger partial charge in [-0.1, -0.05) is 25.5 Å². The summed E-state index contributed by atoms with van der Waals surface area (Å²) in [6.07, 6.45) is 2.08. The number of anilines is 2. The van der Waals surface area contributed by atoms with Crippen LogP contribution in [0.1, 0.15) is 30.2 Å². The van der Waals surface area contributed by atoms with Crippen molar-refractivity contribution < 1.29 is 0 Å². The normalized spacial score (nSPS) is 10.6. The van der Waals surface area contributed by atoms with Crippen LogP contribution in [0.15, 0.2) is 36.4 Å². The molecular formula is C17H21ClN2. The zero-order valence-electron chi connectivity index (χ0n) is 12.4. The number of benzene rings is 1. The molecule has 0 spiro atoms. The van der Waals surface area contributed by atoms with Crippen molar-refractivity contribution >= 4 is 23.1 Å². The summed E-state index contributed by atoms with van der Waals surface area (Å²) in [5.41, 5.74) is 4.63. The number of aromatic nitrogens is 1. The molecule has 0 atom stereocenters. The molecule has 1 aromatic carbocycles. The second-order valence-corrected chi connectivity index (χ2v) is 5.37. The lowest BCUT2D eigenvalue weighted by molar-refractivity contribution is 0.875. The standard InChI is InChI=1S/C17H21ClN2/c1-4-6-15-10-14(12-18)11-17(19-15)20(3)16-8-5-7-13(2)9-16/h5,7-11H,4,6,12H2,1-3H3. The molecule has 0 N–H and O–H groups in total. The average molecular weight is 289 g/mol. The lowest BCUT2D eigenvalue weighted by Crippen LogP contribution is -2.12. The summed E-state index contributed by atoms with van der Waals surface area (Å²) in [4.78, 5) is 6.86. The highest BCUT2D eigenvalue weighted by Crippen LogP contribution is 2.24. The Hall–Kier alpha value is -1.54. The first-order chi connectivity index (χ1) is 9.63. The molecule has 2 rings (SSSR count). The number of hydrogen-bond acceptors (Lipinski definition) is 2. The molecule has 0 unspecified atom stereocenters. The Labute approximate surface area is 126 Å². The van der Waals surface area contributed by atoms with Gasteiger partial charge in [0.2, 0.25) is 0 Å². The molecule has 1 aromatic heterocycles. The van der Waals surface area contributed by atoms with Crippen molar-refractivity contribution in [2.24, 2.45) is 0 Å². The molecule has 0 aliphatic heterocycles. The number of alkyl halides is 1. The lowest BCUT2D eigenvalue weighted by atomic mass is 10.1. The van der Waals surface area contributed by atoms with Crippen molar-refractivity contribution in [3.63, 3.8) is 0 Å². The highest BCUT2D eigenvalue weighted by molar-refractivity contribution is 6.17. The minimum Gasteiger partial charge on any atom is -0.329 e. The highest BCUT2D eigenvalue weighted by atomic mass is 35.5. The van der Waals surface area contributed by atoms with E-state index in [9.17, 15) is 0 Å². The van der Waals surface area contributed by atoms with E-state index in [2.05, 4.69) is 55.1 Å². The van der Waals surface area contributed by atoms with E-state index in [0.29, 0.717) is 5.88 Å². The number of rotatable bonds is 5. The molecule has 0 radical (unpaired) electrons.